The SMILES string of the molecule is CCCOc1ccc(C2CNC(=O)N2c2ccc3nc[nH]c3c2)cc1.CCCOc1ccc([C@@H]2CNC(=O)N2c2ccc3nc[nH]c3c2)cc1.CCCOc1ccc([C@H]2CNC(=O)N2c2ccc3nc[nH]c3c2)cc1. The number of nitrogens with zero attached hydrogens (tertiary/aromatic N) is 6. The molecule has 9 aromatic rings. The summed E-state index contributed by atoms with van der Waals surface area (Å²) in [6.45, 7) is 10.1. The first kappa shape index (κ1) is 49.5. The number of carbonyl (C=O) groups excluding carboxylic acids is 3. The lowest BCUT2D eigenvalue weighted by Crippen LogP contribution is -2.29. The summed E-state index contributed by atoms with van der Waals surface area (Å²) in [4.78, 5) is 64.6. The Labute approximate surface area is 433 Å². The van der Waals surface area contributed by atoms with Gasteiger partial charge in [-0.25, -0.2) is 29.3 Å². The van der Waals surface area contributed by atoms with Crippen LogP contribution in [0.2, 0.25) is 0 Å². The quantitative estimate of drug-likeness (QED) is 0.0576. The van der Waals surface area contributed by atoms with Gasteiger partial charge in [0.25, 0.3) is 0 Å². The Morgan fingerprint density at radius 1 is 0.413 bits per heavy atom. The molecule has 3 atom stereocenters. The number of aromatic nitrogens is 6. The van der Waals surface area contributed by atoms with Crippen molar-refractivity contribution in [3.63, 3.8) is 0 Å². The van der Waals surface area contributed by atoms with E-state index in [1.54, 1.807) is 33.7 Å². The molecule has 384 valence electrons. The smallest absolute Gasteiger partial charge is 0.322 e. The highest BCUT2D eigenvalue weighted by atomic mass is 16.5. The number of nitrogens with one attached hydrogen (secondary N) is 6. The van der Waals surface area contributed by atoms with Crippen LogP contribution < -0.4 is 44.9 Å². The third-order valence-electron chi connectivity index (χ3n) is 13.2. The lowest BCUT2D eigenvalue weighted by molar-refractivity contribution is 0.251. The zero-order chi connectivity index (χ0) is 51.7. The first-order valence-corrected chi connectivity index (χ1v) is 25.5. The average molecular weight is 1010 g/mol. The molecule has 1 unspecified atom stereocenters. The Kier molecular flexibility index (Phi) is 15.0. The summed E-state index contributed by atoms with van der Waals surface area (Å²) in [5, 5.41) is 8.81. The second kappa shape index (κ2) is 22.8. The van der Waals surface area contributed by atoms with E-state index in [9.17, 15) is 14.4 Å². The average Bonchev–Trinajstić information content (AvgIpc) is 4.33. The van der Waals surface area contributed by atoms with E-state index in [1.165, 1.54) is 0 Å². The zero-order valence-electron chi connectivity index (χ0n) is 42.1. The van der Waals surface area contributed by atoms with Gasteiger partial charge in [0.2, 0.25) is 0 Å². The maximum atomic E-state index is 12.4. The highest BCUT2D eigenvalue weighted by Crippen LogP contribution is 2.36. The lowest BCUT2D eigenvalue weighted by atomic mass is 10.1. The molecule has 12 rings (SSSR count). The van der Waals surface area contributed by atoms with E-state index in [0.717, 1.165) is 103 Å². The summed E-state index contributed by atoms with van der Waals surface area (Å²) in [5.41, 5.74) is 11.2. The van der Waals surface area contributed by atoms with Gasteiger partial charge in [-0.2, -0.15) is 0 Å². The van der Waals surface area contributed by atoms with Crippen LogP contribution in [0, 0.1) is 0 Å². The van der Waals surface area contributed by atoms with E-state index in [0.29, 0.717) is 39.5 Å². The predicted molar refractivity (Wildman–Crippen MR) is 291 cm³/mol. The molecule has 3 fully saturated rings. The van der Waals surface area contributed by atoms with Gasteiger partial charge in [0.1, 0.15) is 17.2 Å². The van der Waals surface area contributed by atoms with Crippen molar-refractivity contribution in [3.05, 3.63) is 163 Å². The number of anilines is 3. The van der Waals surface area contributed by atoms with E-state index in [1.807, 2.05) is 127 Å². The number of ether oxygens (including phenoxy) is 3. The predicted octanol–water partition coefficient (Wildman–Crippen LogP) is 10.9. The molecule has 6 N–H and O–H groups in total. The standard InChI is InChI=1S/3C19H20N4O2/c3*1-2-9-25-15-6-3-13(4-7-15)18-11-20-19(24)23(18)14-5-8-16-17(10-14)22-12-21-16/h3*3-8,10,12,18H,2,9,11H2,1H3,(H,20,24)(H,21,22)/t2*18-;/m10./s1. The Hall–Kier alpha value is -9.06. The van der Waals surface area contributed by atoms with Crippen molar-refractivity contribution in [3.8, 4) is 17.2 Å². The summed E-state index contributed by atoms with van der Waals surface area (Å²) in [6.07, 6.45) is 7.91. The van der Waals surface area contributed by atoms with Crippen LogP contribution in [-0.4, -0.2) is 87.5 Å². The molecule has 6 amide bonds. The summed E-state index contributed by atoms with van der Waals surface area (Å²) < 4.78 is 16.9. The van der Waals surface area contributed by atoms with Gasteiger partial charge in [-0.05, 0) is 127 Å². The number of amides is 6. The summed E-state index contributed by atoms with van der Waals surface area (Å²) >= 11 is 0. The molecule has 0 saturated carbocycles. The Morgan fingerprint density at radius 3 is 0.960 bits per heavy atom. The van der Waals surface area contributed by atoms with E-state index < -0.39 is 0 Å². The molecule has 3 aromatic heterocycles. The molecular formula is C57H60N12O6. The van der Waals surface area contributed by atoms with Crippen molar-refractivity contribution >= 4 is 68.3 Å². The number of benzene rings is 6. The van der Waals surface area contributed by atoms with Gasteiger partial charge in [-0.3, -0.25) is 14.7 Å². The normalized spacial score (nSPS) is 17.1. The van der Waals surface area contributed by atoms with Crippen molar-refractivity contribution in [2.45, 2.75) is 58.2 Å². The van der Waals surface area contributed by atoms with Gasteiger partial charge in [-0.15, -0.1) is 0 Å². The molecule has 3 aliphatic heterocycles. The van der Waals surface area contributed by atoms with Crippen molar-refractivity contribution in [2.75, 3.05) is 54.2 Å². The van der Waals surface area contributed by atoms with Crippen LogP contribution in [0.5, 0.6) is 17.2 Å². The molecule has 75 heavy (non-hydrogen) atoms. The number of hydrogen-bond donors (Lipinski definition) is 6. The van der Waals surface area contributed by atoms with Gasteiger partial charge >= 0.3 is 18.1 Å². The van der Waals surface area contributed by atoms with Gasteiger partial charge < -0.3 is 45.1 Å². The fourth-order valence-corrected chi connectivity index (χ4v) is 9.44. The Balaban J connectivity index is 0.000000128. The highest BCUT2D eigenvalue weighted by molar-refractivity contribution is 5.99. The third kappa shape index (κ3) is 11.0. The molecule has 3 aliphatic rings. The number of urea groups is 3. The van der Waals surface area contributed by atoms with Crippen LogP contribution in [0.15, 0.2) is 146 Å². The van der Waals surface area contributed by atoms with Crippen molar-refractivity contribution in [2.24, 2.45) is 0 Å². The molecule has 3 saturated heterocycles. The zero-order valence-corrected chi connectivity index (χ0v) is 42.1. The largest absolute Gasteiger partial charge is 0.494 e. The molecule has 18 heteroatoms. The van der Waals surface area contributed by atoms with Crippen LogP contribution >= 0.6 is 0 Å². The third-order valence-corrected chi connectivity index (χ3v) is 13.2. The highest BCUT2D eigenvalue weighted by Gasteiger charge is 2.36. The van der Waals surface area contributed by atoms with Crippen LogP contribution in [0.25, 0.3) is 33.1 Å². The maximum Gasteiger partial charge on any atom is 0.322 e. The van der Waals surface area contributed by atoms with E-state index in [-0.39, 0.29) is 36.2 Å². The molecule has 0 spiro atoms. The molecule has 0 bridgehead atoms. The second-order valence-corrected chi connectivity index (χ2v) is 18.3. The lowest BCUT2D eigenvalue weighted by Gasteiger charge is -2.23. The Morgan fingerprint density at radius 2 is 0.693 bits per heavy atom. The van der Waals surface area contributed by atoms with E-state index >= 15 is 0 Å². The Bertz CT molecular complexity index is 3020. The first-order chi connectivity index (χ1) is 36.8. The fourth-order valence-electron chi connectivity index (χ4n) is 9.44. The molecule has 0 radical (unpaired) electrons. The molecule has 6 aromatic carbocycles. The molecular weight excluding hydrogens is 949 g/mol. The molecule has 18 nitrogen and oxygen atoms in total. The van der Waals surface area contributed by atoms with Crippen molar-refractivity contribution in [1.82, 2.24) is 45.9 Å². The number of aromatic amines is 3. The fraction of sp³-hybridized carbons (Fsp3) is 0.263. The topological polar surface area (TPSA) is 211 Å². The number of hydrogen-bond acceptors (Lipinski definition) is 9. The minimum absolute atomic E-state index is 0.0481. The molecule has 0 aliphatic carbocycles. The molecule has 6 heterocycles. The van der Waals surface area contributed by atoms with Gasteiger partial charge in [-0.1, -0.05) is 57.2 Å². The number of carbonyl (C=O) groups is 3. The maximum absolute atomic E-state index is 12.4. The van der Waals surface area contributed by atoms with Gasteiger partial charge in [0.05, 0.1) is 90.0 Å². The van der Waals surface area contributed by atoms with Crippen LogP contribution in [0.4, 0.5) is 31.4 Å². The number of imidazole rings is 3. The van der Waals surface area contributed by atoms with Crippen LogP contribution in [0.3, 0.4) is 0 Å². The van der Waals surface area contributed by atoms with Crippen LogP contribution in [-0.2, 0) is 0 Å². The monoisotopic (exact) mass is 1010 g/mol. The number of H-pyrrole nitrogens is 3. The number of fused-ring (bicyclic) bond motifs is 3. The summed E-state index contributed by atoms with van der Waals surface area (Å²) in [7, 11) is 0. The minimum Gasteiger partial charge on any atom is -0.494 e. The number of rotatable bonds is 15. The summed E-state index contributed by atoms with van der Waals surface area (Å²) in [5.74, 6) is 2.56. The van der Waals surface area contributed by atoms with Gasteiger partial charge in [0.15, 0.2) is 0 Å². The van der Waals surface area contributed by atoms with Gasteiger partial charge in [0, 0.05) is 36.7 Å². The first-order valence-electron chi connectivity index (χ1n) is 25.5. The van der Waals surface area contributed by atoms with Crippen molar-refractivity contribution in [1.29, 1.82) is 0 Å². The van der Waals surface area contributed by atoms with E-state index in [2.05, 4.69) is 66.6 Å². The van der Waals surface area contributed by atoms with E-state index in [4.69, 9.17) is 14.2 Å². The minimum atomic E-state index is -0.0878. The van der Waals surface area contributed by atoms with Crippen LogP contribution in [0.1, 0.15) is 74.8 Å². The van der Waals surface area contributed by atoms with Crippen molar-refractivity contribution < 1.29 is 28.6 Å². The summed E-state index contributed by atoms with van der Waals surface area (Å²) in [6, 6.07) is 40.9. The second-order valence-electron chi connectivity index (χ2n) is 18.3.